The first-order chi connectivity index (χ1) is 7.97. The molecule has 0 bridgehead atoms. The van der Waals surface area contributed by atoms with Gasteiger partial charge < -0.3 is 20.6 Å². The van der Waals surface area contributed by atoms with E-state index in [1.807, 2.05) is 25.1 Å². The Morgan fingerprint density at radius 3 is 2.53 bits per heavy atom. The predicted molar refractivity (Wildman–Crippen MR) is 69.2 cm³/mol. The topological polar surface area (TPSA) is 69.8 Å². The van der Waals surface area contributed by atoms with Crippen LogP contribution < -0.4 is 10.6 Å². The van der Waals surface area contributed by atoms with Gasteiger partial charge in [0, 0.05) is 39.1 Å². The second-order valence-electron chi connectivity index (χ2n) is 4.12. The first kappa shape index (κ1) is 13.3. The lowest BCUT2D eigenvalue weighted by Crippen LogP contribution is -2.30. The van der Waals surface area contributed by atoms with Gasteiger partial charge in [0.25, 0.3) is 5.91 Å². The number of nitrogen functional groups attached to an aromatic ring is 1. The van der Waals surface area contributed by atoms with Crippen molar-refractivity contribution in [2.75, 3.05) is 44.9 Å². The quantitative estimate of drug-likeness (QED) is 0.744. The van der Waals surface area contributed by atoms with Gasteiger partial charge in [-0.05, 0) is 18.2 Å². The van der Waals surface area contributed by atoms with Gasteiger partial charge in [-0.15, -0.1) is 0 Å². The normalized spacial score (nSPS) is 10.1. The molecule has 94 valence electrons. The minimum absolute atomic E-state index is 0.0537. The molecule has 0 fully saturated rings. The molecule has 1 rings (SSSR count). The molecule has 0 aromatic heterocycles. The molecule has 5 heteroatoms. The summed E-state index contributed by atoms with van der Waals surface area (Å²) in [7, 11) is 5.39. The van der Waals surface area contributed by atoms with Crippen molar-refractivity contribution < 1.29 is 9.90 Å². The zero-order chi connectivity index (χ0) is 13.0. The highest BCUT2D eigenvalue weighted by atomic mass is 16.3. The minimum atomic E-state index is -0.143. The van der Waals surface area contributed by atoms with Gasteiger partial charge in [-0.2, -0.15) is 0 Å². The molecule has 3 N–H and O–H groups in total. The standard InChI is InChI=1S/C12H19N3O2/c1-14(2)11-5-4-9(13)8-10(11)12(17)15(3)6-7-16/h4-5,8,16H,6-7,13H2,1-3H3. The van der Waals surface area contributed by atoms with Crippen molar-refractivity contribution in [2.45, 2.75) is 0 Å². The highest BCUT2D eigenvalue weighted by molar-refractivity contribution is 6.00. The monoisotopic (exact) mass is 237 g/mol. The largest absolute Gasteiger partial charge is 0.399 e. The molecule has 0 saturated carbocycles. The molecular weight excluding hydrogens is 218 g/mol. The number of anilines is 2. The average Bonchev–Trinajstić information content (AvgIpc) is 2.27. The Labute approximate surface area is 101 Å². The molecule has 1 aromatic rings. The fraction of sp³-hybridized carbons (Fsp3) is 0.417. The van der Waals surface area contributed by atoms with E-state index in [2.05, 4.69) is 0 Å². The maximum Gasteiger partial charge on any atom is 0.255 e. The molecule has 0 unspecified atom stereocenters. The first-order valence-electron chi connectivity index (χ1n) is 5.40. The smallest absolute Gasteiger partial charge is 0.255 e. The molecule has 0 atom stereocenters. The van der Waals surface area contributed by atoms with Crippen LogP contribution in [0.3, 0.4) is 0 Å². The molecule has 0 aliphatic rings. The number of carbonyl (C=O) groups is 1. The highest BCUT2D eigenvalue weighted by Crippen LogP contribution is 2.22. The number of hydrogen-bond acceptors (Lipinski definition) is 4. The van der Waals surface area contributed by atoms with E-state index in [-0.39, 0.29) is 12.5 Å². The zero-order valence-corrected chi connectivity index (χ0v) is 10.5. The lowest BCUT2D eigenvalue weighted by molar-refractivity contribution is 0.0767. The number of benzene rings is 1. The third-order valence-electron chi connectivity index (χ3n) is 2.51. The Balaban J connectivity index is 3.10. The van der Waals surface area contributed by atoms with Crippen molar-refractivity contribution >= 4 is 17.3 Å². The summed E-state index contributed by atoms with van der Waals surface area (Å²) in [5.41, 5.74) is 7.61. The summed E-state index contributed by atoms with van der Waals surface area (Å²) in [4.78, 5) is 15.5. The summed E-state index contributed by atoms with van der Waals surface area (Å²) >= 11 is 0. The van der Waals surface area contributed by atoms with Crippen LogP contribution in [0.1, 0.15) is 10.4 Å². The number of nitrogens with two attached hydrogens (primary N) is 1. The Kier molecular flexibility index (Phi) is 4.34. The van der Waals surface area contributed by atoms with Crippen molar-refractivity contribution in [1.82, 2.24) is 4.90 Å². The summed E-state index contributed by atoms with van der Waals surface area (Å²) in [5.74, 6) is -0.143. The van der Waals surface area contributed by atoms with E-state index in [0.717, 1.165) is 5.69 Å². The first-order valence-corrected chi connectivity index (χ1v) is 5.40. The molecule has 1 aromatic carbocycles. The molecule has 0 radical (unpaired) electrons. The van der Waals surface area contributed by atoms with Crippen molar-refractivity contribution in [2.24, 2.45) is 0 Å². The molecule has 0 heterocycles. The van der Waals surface area contributed by atoms with E-state index in [9.17, 15) is 4.79 Å². The second-order valence-corrected chi connectivity index (χ2v) is 4.12. The van der Waals surface area contributed by atoms with Crippen molar-refractivity contribution in [3.8, 4) is 0 Å². The number of amides is 1. The van der Waals surface area contributed by atoms with Gasteiger partial charge in [-0.25, -0.2) is 0 Å². The number of aliphatic hydroxyl groups excluding tert-OH is 1. The third kappa shape index (κ3) is 3.10. The highest BCUT2D eigenvalue weighted by Gasteiger charge is 2.16. The fourth-order valence-electron chi connectivity index (χ4n) is 1.57. The lowest BCUT2D eigenvalue weighted by atomic mass is 10.1. The Hall–Kier alpha value is -1.75. The van der Waals surface area contributed by atoms with E-state index >= 15 is 0 Å². The summed E-state index contributed by atoms with van der Waals surface area (Å²) in [6, 6.07) is 5.24. The number of nitrogens with zero attached hydrogens (tertiary/aromatic N) is 2. The molecular formula is C12H19N3O2. The van der Waals surface area contributed by atoms with Crippen molar-refractivity contribution in [3.63, 3.8) is 0 Å². The van der Waals surface area contributed by atoms with Crippen LogP contribution in [0.2, 0.25) is 0 Å². The Morgan fingerprint density at radius 1 is 1.35 bits per heavy atom. The number of rotatable bonds is 4. The van der Waals surface area contributed by atoms with Gasteiger partial charge >= 0.3 is 0 Å². The van der Waals surface area contributed by atoms with Crippen LogP contribution in [0.25, 0.3) is 0 Å². The maximum atomic E-state index is 12.1. The Bertz CT molecular complexity index is 405. The summed E-state index contributed by atoms with van der Waals surface area (Å²) in [6.07, 6.45) is 0. The SMILES string of the molecule is CN(CCO)C(=O)c1cc(N)ccc1N(C)C. The van der Waals surface area contributed by atoms with Crippen LogP contribution in [0.15, 0.2) is 18.2 Å². The van der Waals surface area contributed by atoms with Gasteiger partial charge in [-0.1, -0.05) is 0 Å². The van der Waals surface area contributed by atoms with E-state index in [0.29, 0.717) is 17.8 Å². The van der Waals surface area contributed by atoms with Gasteiger partial charge in [0.1, 0.15) is 0 Å². The number of carbonyl (C=O) groups excluding carboxylic acids is 1. The van der Waals surface area contributed by atoms with Gasteiger partial charge in [0.15, 0.2) is 0 Å². The molecule has 0 aliphatic carbocycles. The Morgan fingerprint density at radius 2 is 2.00 bits per heavy atom. The molecule has 0 aliphatic heterocycles. The molecule has 0 saturated heterocycles. The van der Waals surface area contributed by atoms with Crippen LogP contribution in [-0.4, -0.2) is 50.2 Å². The van der Waals surface area contributed by atoms with E-state index in [4.69, 9.17) is 10.8 Å². The molecule has 0 spiro atoms. The number of aliphatic hydroxyl groups is 1. The molecule has 17 heavy (non-hydrogen) atoms. The van der Waals surface area contributed by atoms with Crippen LogP contribution in [0.4, 0.5) is 11.4 Å². The lowest BCUT2D eigenvalue weighted by Gasteiger charge is -2.21. The molecule has 5 nitrogen and oxygen atoms in total. The predicted octanol–water partition coefficient (Wildman–Crippen LogP) is 0.399. The second kappa shape index (κ2) is 5.54. The van der Waals surface area contributed by atoms with E-state index in [1.165, 1.54) is 4.90 Å². The number of likely N-dealkylation sites (N-methyl/N-ethyl adjacent to an activating group) is 1. The fourth-order valence-corrected chi connectivity index (χ4v) is 1.57. The van der Waals surface area contributed by atoms with Gasteiger partial charge in [0.2, 0.25) is 0 Å². The van der Waals surface area contributed by atoms with Crippen molar-refractivity contribution in [1.29, 1.82) is 0 Å². The van der Waals surface area contributed by atoms with E-state index in [1.54, 1.807) is 19.2 Å². The van der Waals surface area contributed by atoms with Gasteiger partial charge in [-0.3, -0.25) is 4.79 Å². The maximum absolute atomic E-state index is 12.1. The van der Waals surface area contributed by atoms with Gasteiger partial charge in [0.05, 0.1) is 12.2 Å². The minimum Gasteiger partial charge on any atom is -0.399 e. The summed E-state index contributed by atoms with van der Waals surface area (Å²) in [5, 5.41) is 8.84. The average molecular weight is 237 g/mol. The zero-order valence-electron chi connectivity index (χ0n) is 10.5. The van der Waals surface area contributed by atoms with Crippen LogP contribution in [-0.2, 0) is 0 Å². The number of hydrogen-bond donors (Lipinski definition) is 2. The van der Waals surface area contributed by atoms with Crippen LogP contribution >= 0.6 is 0 Å². The summed E-state index contributed by atoms with van der Waals surface area (Å²) in [6.45, 7) is 0.252. The van der Waals surface area contributed by atoms with E-state index < -0.39 is 0 Å². The van der Waals surface area contributed by atoms with Crippen LogP contribution in [0, 0.1) is 0 Å². The molecule has 1 amide bonds. The van der Waals surface area contributed by atoms with Crippen molar-refractivity contribution in [3.05, 3.63) is 23.8 Å². The third-order valence-corrected chi connectivity index (χ3v) is 2.51. The van der Waals surface area contributed by atoms with Crippen LogP contribution in [0.5, 0.6) is 0 Å². The summed E-state index contributed by atoms with van der Waals surface area (Å²) < 4.78 is 0.